The second-order valence-corrected chi connectivity index (χ2v) is 18.7. The summed E-state index contributed by atoms with van der Waals surface area (Å²) in [5, 5.41) is 15.0. The van der Waals surface area contributed by atoms with E-state index in [2.05, 4.69) is 26.6 Å². The predicted octanol–water partition coefficient (Wildman–Crippen LogP) is 5.19. The first-order chi connectivity index (χ1) is 26.7. The summed E-state index contributed by atoms with van der Waals surface area (Å²) in [6.07, 6.45) is -1.72. The number of nitrogen functional groups attached to an aromatic ring is 1. The van der Waals surface area contributed by atoms with E-state index in [9.17, 15) is 19.2 Å². The van der Waals surface area contributed by atoms with Crippen molar-refractivity contribution in [3.05, 3.63) is 24.3 Å². The van der Waals surface area contributed by atoms with Crippen molar-refractivity contribution in [1.82, 2.24) is 36.2 Å². The van der Waals surface area contributed by atoms with Gasteiger partial charge < -0.3 is 61.1 Å². The van der Waals surface area contributed by atoms with Crippen molar-refractivity contribution in [2.24, 2.45) is 0 Å². The van der Waals surface area contributed by atoms with Crippen LogP contribution >= 0.6 is 0 Å². The fourth-order valence-corrected chi connectivity index (χ4v) is 6.23. The van der Waals surface area contributed by atoms with Crippen molar-refractivity contribution in [2.45, 2.75) is 142 Å². The zero-order valence-electron chi connectivity index (χ0n) is 35.9. The summed E-state index contributed by atoms with van der Waals surface area (Å²) in [5.41, 5.74) is 4.23. The Bertz CT molecular complexity index is 1570. The highest BCUT2D eigenvalue weighted by Gasteiger charge is 2.36. The summed E-state index contributed by atoms with van der Waals surface area (Å²) in [6, 6.07) is 5.02. The third kappa shape index (κ3) is 15.8. The number of nitrogens with one attached hydrogen (secondary N) is 5. The maximum atomic E-state index is 13.0. The molecule has 2 aromatic rings. The van der Waals surface area contributed by atoms with Crippen LogP contribution in [0, 0.1) is 0 Å². The zero-order chi connectivity index (χ0) is 43.2. The van der Waals surface area contributed by atoms with Gasteiger partial charge in [0.2, 0.25) is 17.8 Å². The van der Waals surface area contributed by atoms with Gasteiger partial charge in [-0.15, -0.1) is 0 Å². The van der Waals surface area contributed by atoms with Crippen LogP contribution < -0.4 is 42.1 Å². The molecule has 3 heterocycles. The molecule has 0 bridgehead atoms. The summed E-state index contributed by atoms with van der Waals surface area (Å²) in [7, 11) is 0. The van der Waals surface area contributed by atoms with Crippen LogP contribution in [0.4, 0.5) is 48.4 Å². The number of hydrogen-bond donors (Lipinski definition) is 6. The summed E-state index contributed by atoms with van der Waals surface area (Å²) in [4.78, 5) is 70.1. The number of carbonyl (C=O) groups excluding carboxylic acids is 4. The smallest absolute Gasteiger partial charge is 0.407 e. The Hall–Kier alpha value is -5.49. The Morgan fingerprint density at radius 3 is 1.10 bits per heavy atom. The quantitative estimate of drug-likeness (QED) is 0.149. The van der Waals surface area contributed by atoms with E-state index in [1.54, 1.807) is 107 Å². The first kappa shape index (κ1) is 45.2. The molecule has 7 N–H and O–H groups in total. The molecule has 322 valence electrons. The average Bonchev–Trinajstić information content (AvgIpc) is 3.01. The first-order valence-electron chi connectivity index (χ1n) is 19.5. The second kappa shape index (κ2) is 18.0. The molecule has 0 aliphatic carbocycles. The van der Waals surface area contributed by atoms with Crippen LogP contribution in [0.1, 0.15) is 95.9 Å². The van der Waals surface area contributed by atoms with Crippen LogP contribution in [0.2, 0.25) is 0 Å². The van der Waals surface area contributed by atoms with Crippen LogP contribution in [0.15, 0.2) is 24.3 Å². The van der Waals surface area contributed by atoms with Crippen LogP contribution in [0.25, 0.3) is 0 Å². The fourth-order valence-electron chi connectivity index (χ4n) is 6.23. The molecule has 19 heteroatoms. The lowest BCUT2D eigenvalue weighted by Gasteiger charge is -2.40. The van der Waals surface area contributed by atoms with Gasteiger partial charge in [0, 0.05) is 37.6 Å². The minimum absolute atomic E-state index is 0.183. The molecule has 0 unspecified atom stereocenters. The van der Waals surface area contributed by atoms with E-state index in [-0.39, 0.29) is 44.0 Å². The lowest BCUT2D eigenvalue weighted by molar-refractivity contribution is 0.0452. The molecule has 0 radical (unpaired) electrons. The molecule has 0 saturated carbocycles. The number of benzene rings is 1. The predicted molar refractivity (Wildman–Crippen MR) is 220 cm³/mol. The van der Waals surface area contributed by atoms with Crippen molar-refractivity contribution in [3.63, 3.8) is 0 Å². The molecule has 2 fully saturated rings. The van der Waals surface area contributed by atoms with E-state index >= 15 is 0 Å². The van der Waals surface area contributed by atoms with Crippen molar-refractivity contribution in [1.29, 1.82) is 0 Å². The Morgan fingerprint density at radius 2 is 0.828 bits per heavy atom. The monoisotopic (exact) mass is 813 g/mol. The third-order valence-electron chi connectivity index (χ3n) is 8.13. The number of nitrogens with two attached hydrogens (primary N) is 1. The van der Waals surface area contributed by atoms with Gasteiger partial charge in [0.25, 0.3) is 0 Å². The van der Waals surface area contributed by atoms with E-state index in [4.69, 9.17) is 39.6 Å². The Kier molecular flexibility index (Phi) is 14.0. The average molecular weight is 814 g/mol. The summed E-state index contributed by atoms with van der Waals surface area (Å²) >= 11 is 0. The number of aromatic nitrogens is 3. The molecule has 2 saturated heterocycles. The molecule has 1 aromatic heterocycles. The number of hydrogen-bond acceptors (Lipinski definition) is 15. The molecular formula is C39H63N11O8. The molecular weight excluding hydrogens is 750 g/mol. The maximum absolute atomic E-state index is 13.0. The molecule has 4 rings (SSSR count). The van der Waals surface area contributed by atoms with Gasteiger partial charge in [-0.1, -0.05) is 0 Å². The number of ether oxygens (including phenoxy) is 4. The third-order valence-corrected chi connectivity index (χ3v) is 8.13. The molecule has 4 amide bonds. The topological polar surface area (TPSA) is 237 Å². The van der Waals surface area contributed by atoms with Gasteiger partial charge in [-0.05, 0) is 120 Å². The van der Waals surface area contributed by atoms with Gasteiger partial charge in [0.05, 0.1) is 24.2 Å². The molecule has 2 aliphatic heterocycles. The molecule has 0 spiro atoms. The van der Waals surface area contributed by atoms with E-state index in [1.165, 1.54) is 0 Å². The second-order valence-electron chi connectivity index (χ2n) is 18.7. The highest BCUT2D eigenvalue weighted by atomic mass is 16.6. The standard InChI is InChI=1S/C39H63N11O8/c1-36(2,3)55-32(51)42-25-17-26(43-33(52)56-37(4,5)6)20-49(19-25)30-46-29(41-24-15-13-23(40)14-16-24)47-31(48-30)50-21-27(44-34(53)57-38(7,8)9)18-28(22-50)45-35(54)58-39(10,11)12/h13-16,25-28H,17-22,40H2,1-12H3,(H,42,51)(H,43,52)(H,44,53)(H,45,54)(H,41,46,47,48)/t25-,26+,27-,28+. The number of piperidine rings is 2. The fraction of sp³-hybridized carbons (Fsp3) is 0.667. The van der Waals surface area contributed by atoms with Crippen LogP contribution in [-0.2, 0) is 18.9 Å². The van der Waals surface area contributed by atoms with Crippen molar-refractivity contribution >= 4 is 53.6 Å². The van der Waals surface area contributed by atoms with Crippen molar-refractivity contribution in [3.8, 4) is 0 Å². The molecule has 4 atom stereocenters. The number of anilines is 5. The molecule has 58 heavy (non-hydrogen) atoms. The number of amides is 4. The van der Waals surface area contributed by atoms with Crippen LogP contribution in [0.3, 0.4) is 0 Å². The minimum Gasteiger partial charge on any atom is -0.444 e. The van der Waals surface area contributed by atoms with Gasteiger partial charge >= 0.3 is 24.4 Å². The number of rotatable bonds is 8. The Labute approximate surface area is 341 Å². The zero-order valence-corrected chi connectivity index (χ0v) is 35.9. The lowest BCUT2D eigenvalue weighted by atomic mass is 10.0. The maximum Gasteiger partial charge on any atom is 0.407 e. The van der Waals surface area contributed by atoms with E-state index in [0.29, 0.717) is 24.2 Å². The van der Waals surface area contributed by atoms with Gasteiger partial charge in [0.1, 0.15) is 22.4 Å². The van der Waals surface area contributed by atoms with E-state index < -0.39 is 70.9 Å². The molecule has 2 aliphatic rings. The van der Waals surface area contributed by atoms with Crippen molar-refractivity contribution < 1.29 is 38.1 Å². The van der Waals surface area contributed by atoms with E-state index in [0.717, 1.165) is 0 Å². The van der Waals surface area contributed by atoms with Crippen molar-refractivity contribution in [2.75, 3.05) is 47.0 Å². The van der Waals surface area contributed by atoms with Gasteiger partial charge in [-0.2, -0.15) is 15.0 Å². The molecule has 19 nitrogen and oxygen atoms in total. The first-order valence-corrected chi connectivity index (χ1v) is 19.5. The number of nitrogens with zero attached hydrogens (tertiary/aromatic N) is 5. The largest absolute Gasteiger partial charge is 0.444 e. The number of alkyl carbamates (subject to hydrolysis) is 4. The SMILES string of the molecule is CC(C)(C)OC(=O)N[C@@H]1C[C@H](NC(=O)OC(C)(C)C)CN(c2nc(Nc3ccc(N)cc3)nc(N3C[C@H](NC(=O)OC(C)(C)C)C[C@H](NC(=O)OC(C)(C)C)C3)n2)C1. The highest BCUT2D eigenvalue weighted by Crippen LogP contribution is 2.26. The van der Waals surface area contributed by atoms with Crippen LogP contribution in [0.5, 0.6) is 0 Å². The summed E-state index contributed by atoms with van der Waals surface area (Å²) < 4.78 is 22.2. The Morgan fingerprint density at radius 1 is 0.534 bits per heavy atom. The van der Waals surface area contributed by atoms with Gasteiger partial charge in [-0.3, -0.25) is 0 Å². The highest BCUT2D eigenvalue weighted by molar-refractivity contribution is 5.70. The van der Waals surface area contributed by atoms with Crippen LogP contribution in [-0.4, -0.2) is 112 Å². The summed E-state index contributed by atoms with van der Waals surface area (Å²) in [6.45, 7) is 22.3. The number of carbonyl (C=O) groups is 4. The molecule has 1 aromatic carbocycles. The van der Waals surface area contributed by atoms with Gasteiger partial charge in [0.15, 0.2) is 0 Å². The summed E-state index contributed by atoms with van der Waals surface area (Å²) in [5.74, 6) is 0.643. The lowest BCUT2D eigenvalue weighted by Crippen LogP contribution is -2.59. The van der Waals surface area contributed by atoms with Gasteiger partial charge in [-0.25, -0.2) is 19.2 Å². The Balaban J connectivity index is 1.74. The van der Waals surface area contributed by atoms with E-state index in [1.807, 2.05) is 9.80 Å². The minimum atomic E-state index is -0.737. The normalized spacial score (nSPS) is 20.3.